The molecule has 0 aromatic heterocycles. The van der Waals surface area contributed by atoms with Gasteiger partial charge in [0.05, 0.1) is 18.7 Å². The first-order valence-corrected chi connectivity index (χ1v) is 7.84. The Kier molecular flexibility index (Phi) is 8.56. The van der Waals surface area contributed by atoms with Crippen molar-refractivity contribution in [1.29, 1.82) is 0 Å². The first-order valence-electron chi connectivity index (χ1n) is 7.08. The highest BCUT2D eigenvalue weighted by Gasteiger charge is 2.10. The summed E-state index contributed by atoms with van der Waals surface area (Å²) in [6.07, 6.45) is 0. The topological polar surface area (TPSA) is 30.5 Å². The van der Waals surface area contributed by atoms with Crippen molar-refractivity contribution in [3.05, 3.63) is 57.6 Å². The van der Waals surface area contributed by atoms with Crippen molar-refractivity contribution in [2.75, 3.05) is 13.7 Å². The number of halogens is 3. The van der Waals surface area contributed by atoms with E-state index in [1.54, 1.807) is 13.2 Å². The quantitative estimate of drug-likeness (QED) is 0.728. The second kappa shape index (κ2) is 9.89. The normalized spacial score (nSPS) is 10.1. The third-order valence-electron chi connectivity index (χ3n) is 3.18. The molecule has 0 atom stereocenters. The molecule has 2 aromatic rings. The lowest BCUT2D eigenvalue weighted by Crippen LogP contribution is -2.14. The highest BCUT2D eigenvalue weighted by molar-refractivity contribution is 6.35. The minimum Gasteiger partial charge on any atom is -0.497 e. The molecule has 0 saturated carbocycles. The Bertz CT molecular complexity index is 618. The minimum absolute atomic E-state index is 0. The summed E-state index contributed by atoms with van der Waals surface area (Å²) in [5.41, 5.74) is 2.12. The van der Waals surface area contributed by atoms with E-state index < -0.39 is 0 Å². The zero-order valence-corrected chi connectivity index (χ0v) is 15.4. The van der Waals surface area contributed by atoms with Crippen LogP contribution in [0.15, 0.2) is 36.4 Å². The average molecular weight is 377 g/mol. The van der Waals surface area contributed by atoms with Crippen molar-refractivity contribution in [3.8, 4) is 11.5 Å². The van der Waals surface area contributed by atoms with E-state index in [2.05, 4.69) is 5.32 Å². The molecule has 23 heavy (non-hydrogen) atoms. The van der Waals surface area contributed by atoms with Gasteiger partial charge in [0.15, 0.2) is 0 Å². The van der Waals surface area contributed by atoms with Crippen LogP contribution in [0.2, 0.25) is 10.0 Å². The van der Waals surface area contributed by atoms with E-state index in [1.807, 2.05) is 37.3 Å². The van der Waals surface area contributed by atoms with Gasteiger partial charge in [-0.1, -0.05) is 35.3 Å². The van der Waals surface area contributed by atoms with Gasteiger partial charge in [0.2, 0.25) is 0 Å². The van der Waals surface area contributed by atoms with E-state index in [1.165, 1.54) is 5.56 Å². The monoisotopic (exact) mass is 375 g/mol. The molecule has 0 spiro atoms. The number of hydrogen-bond donors (Lipinski definition) is 1. The molecule has 0 radical (unpaired) electrons. The first kappa shape index (κ1) is 19.9. The van der Waals surface area contributed by atoms with Crippen molar-refractivity contribution < 1.29 is 9.47 Å². The van der Waals surface area contributed by atoms with Gasteiger partial charge in [-0.25, -0.2) is 0 Å². The van der Waals surface area contributed by atoms with Crippen molar-refractivity contribution in [2.24, 2.45) is 0 Å². The van der Waals surface area contributed by atoms with Gasteiger partial charge in [-0.2, -0.15) is 0 Å². The average Bonchev–Trinajstić information content (AvgIpc) is 2.51. The zero-order chi connectivity index (χ0) is 15.9. The highest BCUT2D eigenvalue weighted by atomic mass is 35.5. The summed E-state index contributed by atoms with van der Waals surface area (Å²) in [6, 6.07) is 11.5. The molecule has 3 nitrogen and oxygen atoms in total. The van der Waals surface area contributed by atoms with Crippen molar-refractivity contribution in [3.63, 3.8) is 0 Å². The third-order valence-corrected chi connectivity index (χ3v) is 3.68. The maximum atomic E-state index is 6.19. The standard InChI is InChI=1S/C17H19Cl2NO2.ClH/c1-3-22-17-13(8-14(18)9-16(17)19)11-20-10-12-4-6-15(21-2)7-5-12;/h4-9,20H,3,10-11H2,1-2H3;1H. The lowest BCUT2D eigenvalue weighted by atomic mass is 10.1. The zero-order valence-electron chi connectivity index (χ0n) is 13.1. The van der Waals surface area contributed by atoms with Gasteiger partial charge in [-0.15, -0.1) is 12.4 Å². The van der Waals surface area contributed by atoms with Gasteiger partial charge in [0.25, 0.3) is 0 Å². The molecule has 0 saturated heterocycles. The number of benzene rings is 2. The van der Waals surface area contributed by atoms with Crippen molar-refractivity contribution in [1.82, 2.24) is 5.32 Å². The molecule has 0 bridgehead atoms. The summed E-state index contributed by atoms with van der Waals surface area (Å²) in [6.45, 7) is 3.85. The van der Waals surface area contributed by atoms with Gasteiger partial charge in [-0.05, 0) is 36.8 Å². The van der Waals surface area contributed by atoms with E-state index in [0.29, 0.717) is 28.9 Å². The maximum absolute atomic E-state index is 6.19. The third kappa shape index (κ3) is 5.78. The molecule has 1 N–H and O–H groups in total. The molecule has 0 aliphatic rings. The Hall–Kier alpha value is -1.13. The Morgan fingerprint density at radius 2 is 1.74 bits per heavy atom. The number of hydrogen-bond acceptors (Lipinski definition) is 3. The molecule has 0 heterocycles. The summed E-state index contributed by atoms with van der Waals surface area (Å²) >= 11 is 12.3. The summed E-state index contributed by atoms with van der Waals surface area (Å²) in [5, 5.41) is 4.51. The lowest BCUT2D eigenvalue weighted by Gasteiger charge is -2.13. The first-order chi connectivity index (χ1) is 10.6. The molecule has 0 aliphatic carbocycles. The smallest absolute Gasteiger partial charge is 0.142 e. The molecular formula is C17H20Cl3NO2. The summed E-state index contributed by atoms with van der Waals surface area (Å²) in [4.78, 5) is 0. The SMILES string of the molecule is CCOc1c(Cl)cc(Cl)cc1CNCc1ccc(OC)cc1.Cl. The molecule has 2 rings (SSSR count). The van der Waals surface area contributed by atoms with E-state index in [-0.39, 0.29) is 12.4 Å². The number of nitrogens with one attached hydrogen (secondary N) is 1. The molecular weight excluding hydrogens is 357 g/mol. The minimum atomic E-state index is 0. The van der Waals surface area contributed by atoms with Gasteiger partial charge in [0.1, 0.15) is 11.5 Å². The molecule has 0 unspecified atom stereocenters. The van der Waals surface area contributed by atoms with Crippen LogP contribution in [0.4, 0.5) is 0 Å². The van der Waals surface area contributed by atoms with E-state index in [9.17, 15) is 0 Å². The second-order valence-corrected chi connectivity index (χ2v) is 5.60. The van der Waals surface area contributed by atoms with Crippen LogP contribution in [0, 0.1) is 0 Å². The fourth-order valence-corrected chi connectivity index (χ4v) is 2.73. The van der Waals surface area contributed by atoms with Gasteiger partial charge in [-0.3, -0.25) is 0 Å². The molecule has 0 amide bonds. The van der Waals surface area contributed by atoms with Crippen LogP contribution in [-0.4, -0.2) is 13.7 Å². The van der Waals surface area contributed by atoms with Gasteiger partial charge >= 0.3 is 0 Å². The van der Waals surface area contributed by atoms with Crippen molar-refractivity contribution in [2.45, 2.75) is 20.0 Å². The predicted molar refractivity (Wildman–Crippen MR) is 98.4 cm³/mol. The molecule has 6 heteroatoms. The van der Waals surface area contributed by atoms with Crippen LogP contribution in [0.5, 0.6) is 11.5 Å². The van der Waals surface area contributed by atoms with Gasteiger partial charge in [0, 0.05) is 23.7 Å². The van der Waals surface area contributed by atoms with Crippen LogP contribution < -0.4 is 14.8 Å². The molecule has 126 valence electrons. The predicted octanol–water partition coefficient (Wildman–Crippen LogP) is 5.11. The molecule has 0 fully saturated rings. The van der Waals surface area contributed by atoms with E-state index >= 15 is 0 Å². The largest absolute Gasteiger partial charge is 0.497 e. The summed E-state index contributed by atoms with van der Waals surface area (Å²) in [7, 11) is 1.66. The fraction of sp³-hybridized carbons (Fsp3) is 0.294. The number of rotatable bonds is 7. The van der Waals surface area contributed by atoms with Crippen LogP contribution in [0.3, 0.4) is 0 Å². The van der Waals surface area contributed by atoms with Crippen LogP contribution in [0.25, 0.3) is 0 Å². The maximum Gasteiger partial charge on any atom is 0.142 e. The summed E-state index contributed by atoms with van der Waals surface area (Å²) in [5.74, 6) is 1.54. The number of methoxy groups -OCH3 is 1. The number of ether oxygens (including phenoxy) is 2. The molecule has 2 aromatic carbocycles. The van der Waals surface area contributed by atoms with E-state index in [4.69, 9.17) is 32.7 Å². The van der Waals surface area contributed by atoms with Crippen LogP contribution >= 0.6 is 35.6 Å². The summed E-state index contributed by atoms with van der Waals surface area (Å²) < 4.78 is 10.8. The molecule has 0 aliphatic heterocycles. The van der Waals surface area contributed by atoms with Crippen LogP contribution in [0.1, 0.15) is 18.1 Å². The van der Waals surface area contributed by atoms with E-state index in [0.717, 1.165) is 17.9 Å². The van der Waals surface area contributed by atoms with Crippen LogP contribution in [-0.2, 0) is 13.1 Å². The second-order valence-electron chi connectivity index (χ2n) is 4.76. The van der Waals surface area contributed by atoms with Crippen molar-refractivity contribution >= 4 is 35.6 Å². The lowest BCUT2D eigenvalue weighted by molar-refractivity contribution is 0.335. The Balaban J connectivity index is 0.00000264. The highest BCUT2D eigenvalue weighted by Crippen LogP contribution is 2.32. The Labute approximate surface area is 153 Å². The fourth-order valence-electron chi connectivity index (χ4n) is 2.14. The van der Waals surface area contributed by atoms with Gasteiger partial charge < -0.3 is 14.8 Å². The Morgan fingerprint density at radius 3 is 2.35 bits per heavy atom. The Morgan fingerprint density at radius 1 is 1.04 bits per heavy atom.